The summed E-state index contributed by atoms with van der Waals surface area (Å²) in [5, 5.41) is 36.6. The summed E-state index contributed by atoms with van der Waals surface area (Å²) >= 11 is 0. The van der Waals surface area contributed by atoms with E-state index >= 15 is 0 Å². The smallest absolute Gasteiger partial charge is 0.333 e. The van der Waals surface area contributed by atoms with E-state index in [9.17, 15) is 20.3 Å². The number of nitrogens with one attached hydrogen (secondary N) is 1. The van der Waals surface area contributed by atoms with Gasteiger partial charge in [0.15, 0.2) is 0 Å². The number of nitrogens with zero attached hydrogens (tertiary/aromatic N) is 3. The molecule has 0 bridgehead atoms. The molecule has 0 aliphatic heterocycles. The van der Waals surface area contributed by atoms with Crippen LogP contribution in [0.3, 0.4) is 0 Å². The summed E-state index contributed by atoms with van der Waals surface area (Å²) in [6.45, 7) is 4.89. The molecule has 0 aliphatic rings. The molecule has 8 heteroatoms. The van der Waals surface area contributed by atoms with Crippen LogP contribution in [0.5, 0.6) is 0 Å². The highest BCUT2D eigenvalue weighted by Crippen LogP contribution is 2.30. The summed E-state index contributed by atoms with van der Waals surface area (Å²) in [5.41, 5.74) is -0.858. The maximum atomic E-state index is 11.1. The second-order valence-corrected chi connectivity index (χ2v) is 4.76. The van der Waals surface area contributed by atoms with E-state index in [0.29, 0.717) is 12.2 Å². The first-order valence-electron chi connectivity index (χ1n) is 6.10. The molecule has 8 nitrogen and oxygen atoms in total. The van der Waals surface area contributed by atoms with E-state index in [0.717, 1.165) is 6.42 Å². The van der Waals surface area contributed by atoms with E-state index in [-0.39, 0.29) is 24.7 Å². The van der Waals surface area contributed by atoms with Crippen LogP contribution in [-0.4, -0.2) is 43.7 Å². The minimum atomic E-state index is -1.04. The zero-order chi connectivity index (χ0) is 14.6. The Morgan fingerprint density at radius 1 is 1.47 bits per heavy atom. The van der Waals surface area contributed by atoms with Gasteiger partial charge in [-0.3, -0.25) is 10.1 Å². The van der Waals surface area contributed by atoms with Gasteiger partial charge < -0.3 is 15.5 Å². The molecule has 3 N–H and O–H groups in total. The summed E-state index contributed by atoms with van der Waals surface area (Å²) in [6, 6.07) is 0. The first-order valence-corrected chi connectivity index (χ1v) is 6.10. The standard InChI is InChI=1S/C11H20N4O4/c1-4-5-14-10(12-11(3,6-16)7-17)9(15(18)19)8(2)13-14/h12,16-17H,4-7H2,1-3H3. The van der Waals surface area contributed by atoms with Crippen molar-refractivity contribution in [3.8, 4) is 0 Å². The van der Waals surface area contributed by atoms with Crippen molar-refractivity contribution in [2.24, 2.45) is 0 Å². The molecule has 0 spiro atoms. The molecule has 1 aromatic heterocycles. The third-order valence-electron chi connectivity index (χ3n) is 2.83. The average molecular weight is 272 g/mol. The van der Waals surface area contributed by atoms with Crippen LogP contribution in [0.25, 0.3) is 0 Å². The summed E-state index contributed by atoms with van der Waals surface area (Å²) in [4.78, 5) is 10.6. The maximum Gasteiger partial charge on any atom is 0.333 e. The predicted molar refractivity (Wildman–Crippen MR) is 70.1 cm³/mol. The third kappa shape index (κ3) is 3.21. The van der Waals surface area contributed by atoms with Gasteiger partial charge in [-0.2, -0.15) is 5.10 Å². The van der Waals surface area contributed by atoms with Crippen LogP contribution in [0.15, 0.2) is 0 Å². The van der Waals surface area contributed by atoms with Gasteiger partial charge in [0.1, 0.15) is 5.69 Å². The number of nitro groups is 1. The molecule has 0 fully saturated rings. The van der Waals surface area contributed by atoms with Crippen LogP contribution in [0, 0.1) is 17.0 Å². The Kier molecular flexibility index (Phi) is 4.84. The Labute approximate surface area is 111 Å². The SMILES string of the molecule is CCCn1nc(C)c([N+](=O)[O-])c1NC(C)(CO)CO. The van der Waals surface area contributed by atoms with E-state index in [2.05, 4.69) is 10.4 Å². The quantitative estimate of drug-likeness (QED) is 0.496. The number of aryl methyl sites for hydroxylation is 2. The lowest BCUT2D eigenvalue weighted by Crippen LogP contribution is -2.43. The number of aliphatic hydroxyl groups excluding tert-OH is 2. The minimum Gasteiger partial charge on any atom is -0.394 e. The molecule has 0 saturated carbocycles. The van der Waals surface area contributed by atoms with Crippen molar-refractivity contribution >= 4 is 11.5 Å². The molecule has 0 saturated heterocycles. The zero-order valence-corrected chi connectivity index (χ0v) is 11.4. The van der Waals surface area contributed by atoms with Gasteiger partial charge in [-0.15, -0.1) is 0 Å². The van der Waals surface area contributed by atoms with Crippen molar-refractivity contribution < 1.29 is 15.1 Å². The second-order valence-electron chi connectivity index (χ2n) is 4.76. The largest absolute Gasteiger partial charge is 0.394 e. The molecule has 0 radical (unpaired) electrons. The Morgan fingerprint density at radius 3 is 2.47 bits per heavy atom. The third-order valence-corrected chi connectivity index (χ3v) is 2.83. The molecule has 108 valence electrons. The lowest BCUT2D eigenvalue weighted by molar-refractivity contribution is -0.384. The van der Waals surface area contributed by atoms with Gasteiger partial charge in [-0.1, -0.05) is 6.92 Å². The molecular weight excluding hydrogens is 252 g/mol. The number of rotatable bonds is 7. The first-order chi connectivity index (χ1) is 8.88. The summed E-state index contributed by atoms with van der Waals surface area (Å²) in [5.74, 6) is 0.218. The highest BCUT2D eigenvalue weighted by Gasteiger charge is 2.31. The van der Waals surface area contributed by atoms with Gasteiger partial charge in [0.05, 0.1) is 23.7 Å². The summed E-state index contributed by atoms with van der Waals surface area (Å²) < 4.78 is 1.50. The Bertz CT molecular complexity index is 454. The van der Waals surface area contributed by atoms with Gasteiger partial charge in [0.25, 0.3) is 0 Å². The fraction of sp³-hybridized carbons (Fsp3) is 0.727. The molecule has 1 heterocycles. The van der Waals surface area contributed by atoms with E-state index in [1.54, 1.807) is 13.8 Å². The van der Waals surface area contributed by atoms with Gasteiger partial charge in [0.2, 0.25) is 5.82 Å². The van der Waals surface area contributed by atoms with Crippen LogP contribution in [0.4, 0.5) is 11.5 Å². The fourth-order valence-corrected chi connectivity index (χ4v) is 1.70. The number of aliphatic hydroxyl groups is 2. The Hall–Kier alpha value is -1.67. The van der Waals surface area contributed by atoms with Crippen molar-refractivity contribution in [1.29, 1.82) is 0 Å². The Morgan fingerprint density at radius 2 is 2.05 bits per heavy atom. The van der Waals surface area contributed by atoms with Gasteiger partial charge in [0, 0.05) is 6.54 Å². The number of hydrogen-bond donors (Lipinski definition) is 3. The van der Waals surface area contributed by atoms with Crippen molar-refractivity contribution in [3.63, 3.8) is 0 Å². The van der Waals surface area contributed by atoms with Crippen molar-refractivity contribution in [2.45, 2.75) is 39.3 Å². The lowest BCUT2D eigenvalue weighted by atomic mass is 10.1. The maximum absolute atomic E-state index is 11.1. The second kappa shape index (κ2) is 5.98. The average Bonchev–Trinajstić information content (AvgIpc) is 2.66. The van der Waals surface area contributed by atoms with E-state index in [4.69, 9.17) is 0 Å². The number of aromatic nitrogens is 2. The van der Waals surface area contributed by atoms with E-state index in [1.807, 2.05) is 6.92 Å². The normalized spacial score (nSPS) is 11.6. The van der Waals surface area contributed by atoms with Crippen LogP contribution >= 0.6 is 0 Å². The van der Waals surface area contributed by atoms with Crippen molar-refractivity contribution in [3.05, 3.63) is 15.8 Å². The molecule has 1 aromatic rings. The molecule has 0 atom stereocenters. The van der Waals surface area contributed by atoms with Crippen molar-refractivity contribution in [1.82, 2.24) is 9.78 Å². The summed E-state index contributed by atoms with van der Waals surface area (Å²) in [6.07, 6.45) is 0.766. The van der Waals surface area contributed by atoms with Crippen molar-refractivity contribution in [2.75, 3.05) is 18.5 Å². The van der Waals surface area contributed by atoms with Crippen LogP contribution in [0.1, 0.15) is 26.0 Å². The molecule has 19 heavy (non-hydrogen) atoms. The Balaban J connectivity index is 3.25. The van der Waals surface area contributed by atoms with Crippen LogP contribution < -0.4 is 5.32 Å². The fourth-order valence-electron chi connectivity index (χ4n) is 1.70. The molecule has 0 aliphatic carbocycles. The molecule has 0 unspecified atom stereocenters. The minimum absolute atomic E-state index is 0.124. The zero-order valence-electron chi connectivity index (χ0n) is 11.4. The topological polar surface area (TPSA) is 113 Å². The van der Waals surface area contributed by atoms with Crippen LogP contribution in [-0.2, 0) is 6.54 Å². The molecule has 0 amide bonds. The van der Waals surface area contributed by atoms with Crippen LogP contribution in [0.2, 0.25) is 0 Å². The molecule has 1 rings (SSSR count). The molecular formula is C11H20N4O4. The van der Waals surface area contributed by atoms with E-state index in [1.165, 1.54) is 4.68 Å². The van der Waals surface area contributed by atoms with Gasteiger partial charge in [-0.05, 0) is 20.3 Å². The number of anilines is 1. The highest BCUT2D eigenvalue weighted by atomic mass is 16.6. The predicted octanol–water partition coefficient (Wildman–Crippen LogP) is 0.665. The van der Waals surface area contributed by atoms with Gasteiger partial charge >= 0.3 is 5.69 Å². The van der Waals surface area contributed by atoms with Gasteiger partial charge in [-0.25, -0.2) is 4.68 Å². The summed E-state index contributed by atoms with van der Waals surface area (Å²) in [7, 11) is 0. The molecule has 0 aromatic carbocycles. The van der Waals surface area contributed by atoms with E-state index < -0.39 is 10.5 Å². The highest BCUT2D eigenvalue weighted by molar-refractivity contribution is 5.60. The monoisotopic (exact) mass is 272 g/mol. The first kappa shape index (κ1) is 15.4. The number of hydrogen-bond acceptors (Lipinski definition) is 6. The lowest BCUT2D eigenvalue weighted by Gasteiger charge is -2.27.